The number of morpholine rings is 1. The monoisotopic (exact) mass is 763 g/mol. The first-order chi connectivity index (χ1) is 24.5. The number of rotatable bonds is 13. The fourth-order valence-electron chi connectivity index (χ4n) is 8.43. The molecule has 4 heterocycles. The number of halogens is 1. The molecule has 1 aliphatic carbocycles. The Morgan fingerprint density at radius 3 is 2.33 bits per heavy atom. The van der Waals surface area contributed by atoms with Gasteiger partial charge in [-0.1, -0.05) is 32.6 Å². The molecule has 15 heteroatoms. The maximum Gasteiger partial charge on any atom is 0.248 e. The topological polar surface area (TPSA) is 149 Å². The highest BCUT2D eigenvalue weighted by molar-refractivity contribution is 7.89. The lowest BCUT2D eigenvalue weighted by Gasteiger charge is -2.52. The number of carbonyl (C=O) groups excluding carboxylic acids is 2. The molecule has 0 radical (unpaired) electrons. The number of benzene rings is 1. The van der Waals surface area contributed by atoms with Crippen LogP contribution in [0.5, 0.6) is 0 Å². The van der Waals surface area contributed by atoms with Gasteiger partial charge in [0.25, 0.3) is 0 Å². The van der Waals surface area contributed by atoms with Crippen LogP contribution < -0.4 is 10.0 Å². The van der Waals surface area contributed by atoms with Gasteiger partial charge in [0.1, 0.15) is 11.6 Å². The van der Waals surface area contributed by atoms with Crippen molar-refractivity contribution in [3.8, 4) is 5.69 Å². The Hall–Kier alpha value is -2.59. The molecule has 1 aromatic carbocycles. The number of unbranched alkanes of at least 4 members (excludes halogenated alkanes) is 1. The molecule has 6 rings (SSSR count). The van der Waals surface area contributed by atoms with E-state index < -0.39 is 27.7 Å². The van der Waals surface area contributed by atoms with E-state index in [2.05, 4.69) is 26.8 Å². The van der Waals surface area contributed by atoms with Crippen LogP contribution in [0.25, 0.3) is 5.69 Å². The van der Waals surface area contributed by atoms with Crippen molar-refractivity contribution in [1.29, 1.82) is 0 Å². The van der Waals surface area contributed by atoms with E-state index in [1.165, 1.54) is 0 Å². The van der Waals surface area contributed by atoms with E-state index in [1.807, 2.05) is 23.4 Å². The molecule has 0 unspecified atom stereocenters. The summed E-state index contributed by atoms with van der Waals surface area (Å²) in [4.78, 5) is 34.5. The average Bonchev–Trinajstić information content (AvgIpc) is 3.43. The smallest absolute Gasteiger partial charge is 0.248 e. The average molecular weight is 764 g/mol. The third kappa shape index (κ3) is 8.69. The number of piperidine rings is 1. The van der Waals surface area contributed by atoms with Crippen LogP contribution in [0.2, 0.25) is 0 Å². The summed E-state index contributed by atoms with van der Waals surface area (Å²) in [6, 6.07) is 5.93. The summed E-state index contributed by atoms with van der Waals surface area (Å²) < 4.78 is 35.9. The highest BCUT2D eigenvalue weighted by Gasteiger charge is 2.55. The number of nitrogens with one attached hydrogen (secondary N) is 2. The van der Waals surface area contributed by atoms with E-state index in [0.717, 1.165) is 80.7 Å². The normalized spacial score (nSPS) is 22.7. The maximum absolute atomic E-state index is 14.0. The number of carbonyl (C=O) groups is 2. The molecule has 2 aromatic rings. The van der Waals surface area contributed by atoms with Crippen molar-refractivity contribution in [2.45, 2.75) is 108 Å². The fourth-order valence-corrected chi connectivity index (χ4v) is 9.45. The summed E-state index contributed by atoms with van der Waals surface area (Å²) in [6.45, 7) is 12.5. The molecule has 1 saturated carbocycles. The Bertz CT molecular complexity index is 1620. The first-order valence-corrected chi connectivity index (χ1v) is 20.5. The van der Waals surface area contributed by atoms with Gasteiger partial charge in [-0.15, -0.1) is 12.4 Å². The molecule has 3 N–H and O–H groups in total. The Labute approximate surface area is 315 Å². The lowest BCUT2D eigenvalue weighted by atomic mass is 9.78. The Kier molecular flexibility index (Phi) is 13.8. The minimum absolute atomic E-state index is 0. The number of aliphatic hydroxyl groups is 1. The summed E-state index contributed by atoms with van der Waals surface area (Å²) in [5.74, 6) is -0.219. The predicted molar refractivity (Wildman–Crippen MR) is 201 cm³/mol. The third-order valence-electron chi connectivity index (χ3n) is 11.7. The number of hydrogen-bond acceptors (Lipinski definition) is 9. The van der Waals surface area contributed by atoms with Crippen molar-refractivity contribution in [2.24, 2.45) is 5.92 Å². The van der Waals surface area contributed by atoms with Crippen molar-refractivity contribution >= 4 is 34.2 Å². The van der Waals surface area contributed by atoms with Crippen LogP contribution >= 0.6 is 12.4 Å². The quantitative estimate of drug-likeness (QED) is 0.280. The molecule has 290 valence electrons. The first-order valence-electron chi connectivity index (χ1n) is 19.0. The van der Waals surface area contributed by atoms with Gasteiger partial charge in [0.15, 0.2) is 0 Å². The minimum Gasteiger partial charge on any atom is -0.390 e. The summed E-state index contributed by atoms with van der Waals surface area (Å²) in [5.41, 5.74) is 2.83. The van der Waals surface area contributed by atoms with Crippen molar-refractivity contribution in [3.05, 3.63) is 41.2 Å². The molecule has 3 aliphatic heterocycles. The van der Waals surface area contributed by atoms with E-state index in [0.29, 0.717) is 65.3 Å². The van der Waals surface area contributed by atoms with Crippen LogP contribution in [0.3, 0.4) is 0 Å². The number of amides is 2. The van der Waals surface area contributed by atoms with E-state index in [4.69, 9.17) is 9.84 Å². The maximum atomic E-state index is 14.0. The standard InChI is InChI=1S/C37H57N7O6S.ClH/c1-4-5-18-43-35(46)33(34(45)29-9-7-6-8-10-29)39-36(47)37(43)15-19-42(20-16-37)26-32-27(2)40-44(28(32)3)30-11-13-31(14-12-30)51(48,49)38-17-21-41-22-24-50-25-23-41;/h11-14,29,33-34,38,45H,4-10,15-26H2,1-3H3,(H,39,47);1H/t33-,34-;/m1./s1. The number of likely N-dealkylation sites (tertiary alicyclic amines) is 1. The van der Waals surface area contributed by atoms with Crippen LogP contribution in [0, 0.1) is 19.8 Å². The lowest BCUT2D eigenvalue weighted by Crippen LogP contribution is -2.75. The molecular weight excluding hydrogens is 706 g/mol. The zero-order valence-corrected chi connectivity index (χ0v) is 32.7. The van der Waals surface area contributed by atoms with E-state index >= 15 is 0 Å². The fraction of sp³-hybridized carbons (Fsp3) is 0.703. The molecule has 4 fully saturated rings. The SMILES string of the molecule is CCCCN1C(=O)[C@@H]([C@H](O)C2CCCCC2)NC(=O)C12CCN(Cc1c(C)nn(-c3ccc(S(=O)(=O)NCCN4CCOCC4)cc3)c1C)CC2.Cl. The molecule has 4 aliphatic rings. The molecule has 3 saturated heterocycles. The van der Waals surface area contributed by atoms with Crippen molar-refractivity contribution in [3.63, 3.8) is 0 Å². The van der Waals surface area contributed by atoms with Gasteiger partial charge in [-0.3, -0.25) is 19.4 Å². The van der Waals surface area contributed by atoms with E-state index in [1.54, 1.807) is 24.3 Å². The second-order valence-electron chi connectivity index (χ2n) is 14.9. The lowest BCUT2D eigenvalue weighted by molar-refractivity contribution is -0.166. The number of aryl methyl sites for hydroxylation is 1. The van der Waals surface area contributed by atoms with Crippen LogP contribution in [-0.4, -0.2) is 127 Å². The summed E-state index contributed by atoms with van der Waals surface area (Å²) in [7, 11) is -3.64. The Morgan fingerprint density at radius 1 is 1.00 bits per heavy atom. The van der Waals surface area contributed by atoms with Crippen LogP contribution in [0.1, 0.15) is 81.7 Å². The second-order valence-corrected chi connectivity index (χ2v) is 16.7. The van der Waals surface area contributed by atoms with Gasteiger partial charge in [0.05, 0.1) is 35.6 Å². The molecular formula is C37H58ClN7O6S. The van der Waals surface area contributed by atoms with Crippen LogP contribution in [0.4, 0.5) is 0 Å². The van der Waals surface area contributed by atoms with E-state index in [-0.39, 0.29) is 35.0 Å². The summed E-state index contributed by atoms with van der Waals surface area (Å²) in [5, 5.41) is 19.1. The summed E-state index contributed by atoms with van der Waals surface area (Å²) >= 11 is 0. The van der Waals surface area contributed by atoms with Crippen molar-refractivity contribution in [2.75, 3.05) is 59.0 Å². The molecule has 52 heavy (non-hydrogen) atoms. The largest absolute Gasteiger partial charge is 0.390 e. The van der Waals surface area contributed by atoms with Gasteiger partial charge < -0.3 is 20.1 Å². The number of ether oxygens (including phenoxy) is 1. The zero-order chi connectivity index (χ0) is 36.2. The Morgan fingerprint density at radius 2 is 1.67 bits per heavy atom. The number of aliphatic hydroxyl groups excluding tert-OH is 1. The van der Waals surface area contributed by atoms with Gasteiger partial charge in [0, 0.05) is 63.6 Å². The molecule has 1 spiro atoms. The number of hydrogen-bond donors (Lipinski definition) is 3. The first kappa shape index (κ1) is 40.6. The third-order valence-corrected chi connectivity index (χ3v) is 13.2. The van der Waals surface area contributed by atoms with E-state index in [9.17, 15) is 23.1 Å². The van der Waals surface area contributed by atoms with Crippen molar-refractivity contribution < 1.29 is 27.9 Å². The zero-order valence-electron chi connectivity index (χ0n) is 31.0. The highest BCUT2D eigenvalue weighted by atomic mass is 35.5. The molecule has 2 atom stereocenters. The number of aromatic nitrogens is 2. The van der Waals surface area contributed by atoms with Gasteiger partial charge in [-0.2, -0.15) is 5.10 Å². The Balaban J connectivity index is 0.00000523. The minimum atomic E-state index is -3.64. The molecule has 13 nitrogen and oxygen atoms in total. The summed E-state index contributed by atoms with van der Waals surface area (Å²) in [6.07, 6.45) is 6.99. The molecule has 1 aromatic heterocycles. The van der Waals surface area contributed by atoms with Crippen molar-refractivity contribution in [1.82, 2.24) is 34.5 Å². The highest BCUT2D eigenvalue weighted by Crippen LogP contribution is 2.37. The van der Waals surface area contributed by atoms with Gasteiger partial charge in [-0.25, -0.2) is 17.8 Å². The molecule has 0 bridgehead atoms. The van der Waals surface area contributed by atoms with Gasteiger partial charge >= 0.3 is 0 Å². The van der Waals surface area contributed by atoms with Crippen LogP contribution in [-0.2, 0) is 30.9 Å². The number of nitrogens with zero attached hydrogens (tertiary/aromatic N) is 5. The number of sulfonamides is 1. The predicted octanol–water partition coefficient (Wildman–Crippen LogP) is 2.92. The second kappa shape index (κ2) is 17.7. The number of piperazine rings is 1. The van der Waals surface area contributed by atoms with Crippen LogP contribution in [0.15, 0.2) is 29.2 Å². The molecule has 2 amide bonds. The van der Waals surface area contributed by atoms with Gasteiger partial charge in [0.2, 0.25) is 21.8 Å². The van der Waals surface area contributed by atoms with Gasteiger partial charge in [-0.05, 0) is 76.1 Å².